The van der Waals surface area contributed by atoms with Crippen LogP contribution in [0.25, 0.3) is 0 Å². The van der Waals surface area contributed by atoms with E-state index in [4.69, 9.17) is 0 Å². The Morgan fingerprint density at radius 2 is 1.73 bits per heavy atom. The van der Waals surface area contributed by atoms with E-state index >= 15 is 0 Å². The Balaban J connectivity index is 1.78. The average Bonchev–Trinajstić information content (AvgIpc) is 2.64. The standard InChI is InChI=1S/C21H23FN2O2/c1-14(2)16-8-10-17(11-9-16)24-13-12-23(15(3)20(24)25)21(26)18-6-4-5-7-19(18)22/h4-11,14-15H,12-13H2,1-3H3. The summed E-state index contributed by atoms with van der Waals surface area (Å²) in [5.41, 5.74) is 2.04. The highest BCUT2D eigenvalue weighted by Gasteiger charge is 2.36. The zero-order valence-electron chi connectivity index (χ0n) is 15.3. The summed E-state index contributed by atoms with van der Waals surface area (Å²) in [6.07, 6.45) is 0. The molecule has 1 unspecified atom stereocenters. The van der Waals surface area contributed by atoms with E-state index in [9.17, 15) is 14.0 Å². The van der Waals surface area contributed by atoms with Crippen LogP contribution in [0.4, 0.5) is 10.1 Å². The fourth-order valence-electron chi connectivity index (χ4n) is 3.23. The van der Waals surface area contributed by atoms with Crippen LogP contribution in [0.5, 0.6) is 0 Å². The van der Waals surface area contributed by atoms with Crippen molar-refractivity contribution in [3.05, 3.63) is 65.5 Å². The quantitative estimate of drug-likeness (QED) is 0.841. The molecule has 1 fully saturated rings. The SMILES string of the molecule is CC(C)c1ccc(N2CCN(C(=O)c3ccccc3F)C(C)C2=O)cc1. The summed E-state index contributed by atoms with van der Waals surface area (Å²) in [7, 11) is 0. The van der Waals surface area contributed by atoms with Gasteiger partial charge in [0.2, 0.25) is 5.91 Å². The molecule has 0 N–H and O–H groups in total. The molecule has 1 atom stereocenters. The molecule has 4 nitrogen and oxygen atoms in total. The predicted molar refractivity (Wildman–Crippen MR) is 99.8 cm³/mol. The van der Waals surface area contributed by atoms with E-state index in [2.05, 4.69) is 13.8 Å². The van der Waals surface area contributed by atoms with Gasteiger partial charge in [0.15, 0.2) is 0 Å². The van der Waals surface area contributed by atoms with E-state index < -0.39 is 17.8 Å². The zero-order chi connectivity index (χ0) is 18.8. The van der Waals surface area contributed by atoms with Gasteiger partial charge >= 0.3 is 0 Å². The van der Waals surface area contributed by atoms with Gasteiger partial charge in [0.05, 0.1) is 5.56 Å². The molecule has 1 saturated heterocycles. The summed E-state index contributed by atoms with van der Waals surface area (Å²) in [6.45, 7) is 6.69. The molecule has 1 aliphatic rings. The van der Waals surface area contributed by atoms with Gasteiger partial charge in [0.1, 0.15) is 11.9 Å². The fourth-order valence-corrected chi connectivity index (χ4v) is 3.23. The molecule has 2 aromatic carbocycles. The second-order valence-electron chi connectivity index (χ2n) is 6.89. The summed E-state index contributed by atoms with van der Waals surface area (Å²) in [4.78, 5) is 28.6. The lowest BCUT2D eigenvalue weighted by molar-refractivity contribution is -0.124. The van der Waals surface area contributed by atoms with Crippen molar-refractivity contribution in [2.75, 3.05) is 18.0 Å². The summed E-state index contributed by atoms with van der Waals surface area (Å²) in [5, 5.41) is 0. The topological polar surface area (TPSA) is 40.6 Å². The van der Waals surface area contributed by atoms with Gasteiger partial charge in [0, 0.05) is 18.8 Å². The molecule has 2 aromatic rings. The van der Waals surface area contributed by atoms with Crippen LogP contribution < -0.4 is 4.90 Å². The molecule has 0 saturated carbocycles. The molecule has 2 amide bonds. The van der Waals surface area contributed by atoms with Gasteiger partial charge in [-0.3, -0.25) is 9.59 Å². The van der Waals surface area contributed by atoms with Gasteiger partial charge < -0.3 is 9.80 Å². The number of nitrogens with zero attached hydrogens (tertiary/aromatic N) is 2. The van der Waals surface area contributed by atoms with Crippen LogP contribution in [-0.4, -0.2) is 35.8 Å². The molecule has 0 aliphatic carbocycles. The molecule has 0 bridgehead atoms. The Kier molecular flexibility index (Phi) is 5.07. The zero-order valence-corrected chi connectivity index (χ0v) is 15.3. The van der Waals surface area contributed by atoms with E-state index in [1.54, 1.807) is 24.0 Å². The predicted octanol–water partition coefficient (Wildman–Crippen LogP) is 3.83. The van der Waals surface area contributed by atoms with Gasteiger partial charge in [-0.1, -0.05) is 38.1 Å². The number of hydrogen-bond acceptors (Lipinski definition) is 2. The summed E-state index contributed by atoms with van der Waals surface area (Å²) in [6, 6.07) is 13.2. The third-order valence-corrected chi connectivity index (χ3v) is 4.89. The van der Waals surface area contributed by atoms with Gasteiger partial charge in [0.25, 0.3) is 5.91 Å². The minimum Gasteiger partial charge on any atom is -0.325 e. The molecule has 0 radical (unpaired) electrons. The molecular weight excluding hydrogens is 331 g/mol. The first-order valence-corrected chi connectivity index (χ1v) is 8.87. The van der Waals surface area contributed by atoms with Crippen molar-refractivity contribution in [1.29, 1.82) is 0 Å². The highest BCUT2D eigenvalue weighted by Crippen LogP contribution is 2.24. The molecule has 5 heteroatoms. The fraction of sp³-hybridized carbons (Fsp3) is 0.333. The van der Waals surface area contributed by atoms with E-state index in [0.717, 1.165) is 5.69 Å². The summed E-state index contributed by atoms with van der Waals surface area (Å²) >= 11 is 0. The van der Waals surface area contributed by atoms with Crippen molar-refractivity contribution in [2.45, 2.75) is 32.7 Å². The number of rotatable bonds is 3. The van der Waals surface area contributed by atoms with Crippen LogP contribution in [0.1, 0.15) is 42.6 Å². The van der Waals surface area contributed by atoms with Crippen LogP contribution in [0, 0.1) is 5.82 Å². The average molecular weight is 354 g/mol. The second kappa shape index (κ2) is 7.28. The summed E-state index contributed by atoms with van der Waals surface area (Å²) in [5.74, 6) is -0.741. The Hall–Kier alpha value is -2.69. The maximum absolute atomic E-state index is 13.9. The van der Waals surface area contributed by atoms with E-state index in [1.807, 2.05) is 24.3 Å². The minimum absolute atomic E-state index is 0.00175. The number of hydrogen-bond donors (Lipinski definition) is 0. The monoisotopic (exact) mass is 354 g/mol. The van der Waals surface area contributed by atoms with Gasteiger partial charge in [-0.25, -0.2) is 4.39 Å². The third kappa shape index (κ3) is 3.34. The molecule has 0 spiro atoms. The van der Waals surface area contributed by atoms with Crippen molar-refractivity contribution < 1.29 is 14.0 Å². The van der Waals surface area contributed by atoms with Crippen molar-refractivity contribution in [1.82, 2.24) is 4.90 Å². The largest absolute Gasteiger partial charge is 0.325 e. The first-order chi connectivity index (χ1) is 12.4. The number of carbonyl (C=O) groups excluding carboxylic acids is 2. The van der Waals surface area contributed by atoms with Crippen molar-refractivity contribution in [3.8, 4) is 0 Å². The van der Waals surface area contributed by atoms with Crippen LogP contribution >= 0.6 is 0 Å². The molecule has 26 heavy (non-hydrogen) atoms. The molecule has 136 valence electrons. The molecule has 0 aromatic heterocycles. The van der Waals surface area contributed by atoms with E-state index in [0.29, 0.717) is 19.0 Å². The number of piperazine rings is 1. The third-order valence-electron chi connectivity index (χ3n) is 4.89. The molecular formula is C21H23FN2O2. The Labute approximate surface area is 153 Å². The Morgan fingerprint density at radius 1 is 1.08 bits per heavy atom. The smallest absolute Gasteiger partial charge is 0.257 e. The highest BCUT2D eigenvalue weighted by atomic mass is 19.1. The molecule has 1 heterocycles. The molecule has 1 aliphatic heterocycles. The van der Waals surface area contributed by atoms with Crippen molar-refractivity contribution >= 4 is 17.5 Å². The minimum atomic E-state index is -0.638. The van der Waals surface area contributed by atoms with Gasteiger partial charge in [-0.05, 0) is 42.7 Å². The van der Waals surface area contributed by atoms with E-state index in [-0.39, 0.29) is 11.5 Å². The lowest BCUT2D eigenvalue weighted by Crippen LogP contribution is -2.57. The summed E-state index contributed by atoms with van der Waals surface area (Å²) < 4.78 is 13.9. The number of carbonyl (C=O) groups is 2. The normalized spacial score (nSPS) is 17.7. The Bertz CT molecular complexity index is 817. The molecule has 3 rings (SSSR count). The van der Waals surface area contributed by atoms with Crippen molar-refractivity contribution in [3.63, 3.8) is 0 Å². The maximum Gasteiger partial charge on any atom is 0.257 e. The van der Waals surface area contributed by atoms with Crippen LogP contribution in [0.15, 0.2) is 48.5 Å². The van der Waals surface area contributed by atoms with Crippen LogP contribution in [0.2, 0.25) is 0 Å². The van der Waals surface area contributed by atoms with E-state index in [1.165, 1.54) is 22.6 Å². The van der Waals surface area contributed by atoms with Gasteiger partial charge in [-0.2, -0.15) is 0 Å². The van der Waals surface area contributed by atoms with Crippen LogP contribution in [0.3, 0.4) is 0 Å². The van der Waals surface area contributed by atoms with Crippen molar-refractivity contribution in [2.24, 2.45) is 0 Å². The maximum atomic E-state index is 13.9. The number of halogens is 1. The van der Waals surface area contributed by atoms with Crippen LogP contribution in [-0.2, 0) is 4.79 Å². The number of amides is 2. The Morgan fingerprint density at radius 3 is 2.35 bits per heavy atom. The lowest BCUT2D eigenvalue weighted by Gasteiger charge is -2.39. The second-order valence-corrected chi connectivity index (χ2v) is 6.89. The number of benzene rings is 2. The highest BCUT2D eigenvalue weighted by molar-refractivity contribution is 6.03. The lowest BCUT2D eigenvalue weighted by atomic mass is 10.0. The van der Waals surface area contributed by atoms with Gasteiger partial charge in [-0.15, -0.1) is 0 Å². The number of anilines is 1. The first kappa shape index (κ1) is 18.1. The first-order valence-electron chi connectivity index (χ1n) is 8.87.